The summed E-state index contributed by atoms with van der Waals surface area (Å²) in [4.78, 5) is 15.9. The number of hydrogen-bond donors (Lipinski definition) is 1. The highest BCUT2D eigenvalue weighted by atomic mass is 35.5. The number of fused-ring (bicyclic) bond motifs is 1. The number of carbonyl (C=O) groups is 1. The molecule has 0 radical (unpaired) electrons. The Bertz CT molecular complexity index is 814. The Kier molecular flexibility index (Phi) is 3.07. The average Bonchev–Trinajstić information content (AvgIpc) is 2.91. The predicted molar refractivity (Wildman–Crippen MR) is 71.5 cm³/mol. The number of rotatable bonds is 3. The molecule has 3 rings (SSSR count). The van der Waals surface area contributed by atoms with E-state index in [1.165, 1.54) is 27.9 Å². The van der Waals surface area contributed by atoms with Gasteiger partial charge in [0.15, 0.2) is 10.7 Å². The SMILES string of the molecule is O=C(O)c1c(Oc2ccc(F)cc2Cl)nc2sccn12. The third kappa shape index (κ3) is 2.10. The van der Waals surface area contributed by atoms with Gasteiger partial charge in [-0.15, -0.1) is 11.3 Å². The zero-order valence-electron chi connectivity index (χ0n) is 9.71. The van der Waals surface area contributed by atoms with Gasteiger partial charge < -0.3 is 9.84 Å². The summed E-state index contributed by atoms with van der Waals surface area (Å²) in [7, 11) is 0. The minimum Gasteiger partial charge on any atom is -0.476 e. The lowest BCUT2D eigenvalue weighted by molar-refractivity contribution is 0.0686. The maximum atomic E-state index is 13.0. The van der Waals surface area contributed by atoms with Crippen LogP contribution in [0.1, 0.15) is 10.5 Å². The summed E-state index contributed by atoms with van der Waals surface area (Å²) in [6, 6.07) is 3.56. The van der Waals surface area contributed by atoms with Gasteiger partial charge in [0.05, 0.1) is 5.02 Å². The summed E-state index contributed by atoms with van der Waals surface area (Å²) < 4.78 is 19.8. The first-order valence-corrected chi connectivity index (χ1v) is 6.64. The van der Waals surface area contributed by atoms with Crippen molar-refractivity contribution >= 4 is 33.9 Å². The first kappa shape index (κ1) is 12.9. The van der Waals surface area contributed by atoms with Gasteiger partial charge in [0, 0.05) is 11.6 Å². The van der Waals surface area contributed by atoms with Crippen LogP contribution in [0.2, 0.25) is 5.02 Å². The Morgan fingerprint density at radius 3 is 3.00 bits per heavy atom. The van der Waals surface area contributed by atoms with Crippen molar-refractivity contribution in [3.63, 3.8) is 0 Å². The molecule has 0 bridgehead atoms. The molecule has 0 aliphatic rings. The summed E-state index contributed by atoms with van der Waals surface area (Å²) in [5.74, 6) is -1.63. The van der Waals surface area contributed by atoms with Gasteiger partial charge in [-0.25, -0.2) is 9.18 Å². The van der Waals surface area contributed by atoms with E-state index in [-0.39, 0.29) is 22.3 Å². The minimum atomic E-state index is -1.18. The first-order chi connectivity index (χ1) is 9.56. The molecule has 0 saturated heterocycles. The van der Waals surface area contributed by atoms with E-state index < -0.39 is 11.8 Å². The fourth-order valence-corrected chi connectivity index (χ4v) is 2.61. The number of benzene rings is 1. The molecule has 0 saturated carbocycles. The molecular weight excluding hydrogens is 307 g/mol. The van der Waals surface area contributed by atoms with Crippen molar-refractivity contribution in [2.24, 2.45) is 0 Å². The number of nitrogens with zero attached hydrogens (tertiary/aromatic N) is 2. The summed E-state index contributed by atoms with van der Waals surface area (Å²) in [6.45, 7) is 0. The van der Waals surface area contributed by atoms with Gasteiger partial charge >= 0.3 is 5.97 Å². The van der Waals surface area contributed by atoms with Crippen LogP contribution in [0, 0.1) is 5.82 Å². The van der Waals surface area contributed by atoms with Gasteiger partial charge in [-0.3, -0.25) is 4.40 Å². The lowest BCUT2D eigenvalue weighted by atomic mass is 10.3. The summed E-state index contributed by atoms with van der Waals surface area (Å²) in [5, 5.41) is 11.0. The van der Waals surface area contributed by atoms with Gasteiger partial charge in [0.1, 0.15) is 11.6 Å². The fourth-order valence-electron chi connectivity index (χ4n) is 1.69. The van der Waals surface area contributed by atoms with E-state index in [0.717, 1.165) is 6.07 Å². The van der Waals surface area contributed by atoms with Gasteiger partial charge in [-0.2, -0.15) is 4.98 Å². The van der Waals surface area contributed by atoms with E-state index in [0.29, 0.717) is 4.96 Å². The molecule has 1 aromatic carbocycles. The quantitative estimate of drug-likeness (QED) is 0.801. The van der Waals surface area contributed by atoms with Crippen LogP contribution in [0.15, 0.2) is 29.8 Å². The second kappa shape index (κ2) is 4.77. The molecule has 20 heavy (non-hydrogen) atoms. The molecule has 0 amide bonds. The molecule has 0 aliphatic heterocycles. The van der Waals surface area contributed by atoms with E-state index in [2.05, 4.69) is 4.98 Å². The number of carboxylic acid groups (broad SMARTS) is 1. The zero-order valence-corrected chi connectivity index (χ0v) is 11.3. The van der Waals surface area contributed by atoms with E-state index in [9.17, 15) is 14.3 Å². The molecule has 0 spiro atoms. The zero-order chi connectivity index (χ0) is 14.3. The molecular formula is C12H6ClFN2O3S. The van der Waals surface area contributed by atoms with Crippen LogP contribution in [0.3, 0.4) is 0 Å². The second-order valence-electron chi connectivity index (χ2n) is 3.80. The molecule has 2 aromatic heterocycles. The molecule has 2 heterocycles. The monoisotopic (exact) mass is 312 g/mol. The van der Waals surface area contributed by atoms with Crippen molar-refractivity contribution < 1.29 is 19.0 Å². The molecule has 1 N–H and O–H groups in total. The topological polar surface area (TPSA) is 63.8 Å². The highest BCUT2D eigenvalue weighted by Crippen LogP contribution is 2.32. The summed E-state index contributed by atoms with van der Waals surface area (Å²) >= 11 is 7.11. The number of aromatic carboxylic acids is 1. The molecule has 0 atom stereocenters. The van der Waals surface area contributed by atoms with Gasteiger partial charge in [-0.1, -0.05) is 11.6 Å². The van der Waals surface area contributed by atoms with Crippen LogP contribution in [-0.4, -0.2) is 20.5 Å². The normalized spacial score (nSPS) is 10.9. The third-order valence-corrected chi connectivity index (χ3v) is 3.59. The molecule has 0 aliphatic carbocycles. The van der Waals surface area contributed by atoms with Crippen molar-refractivity contribution in [1.29, 1.82) is 0 Å². The van der Waals surface area contributed by atoms with Crippen molar-refractivity contribution in [2.45, 2.75) is 0 Å². The van der Waals surface area contributed by atoms with Crippen molar-refractivity contribution in [3.8, 4) is 11.6 Å². The summed E-state index contributed by atoms with van der Waals surface area (Å²) in [6.07, 6.45) is 1.58. The van der Waals surface area contributed by atoms with Crippen LogP contribution in [0.4, 0.5) is 4.39 Å². The summed E-state index contributed by atoms with van der Waals surface area (Å²) in [5.41, 5.74) is -0.110. The largest absolute Gasteiger partial charge is 0.476 e. The number of halogens is 2. The molecule has 0 unspecified atom stereocenters. The van der Waals surface area contributed by atoms with Crippen molar-refractivity contribution in [2.75, 3.05) is 0 Å². The van der Waals surface area contributed by atoms with Gasteiger partial charge in [0.25, 0.3) is 5.88 Å². The molecule has 8 heteroatoms. The Morgan fingerprint density at radius 2 is 2.30 bits per heavy atom. The van der Waals surface area contributed by atoms with Crippen LogP contribution in [-0.2, 0) is 0 Å². The van der Waals surface area contributed by atoms with Crippen LogP contribution in [0.5, 0.6) is 11.6 Å². The van der Waals surface area contributed by atoms with E-state index in [1.807, 2.05) is 0 Å². The van der Waals surface area contributed by atoms with Crippen LogP contribution >= 0.6 is 22.9 Å². The van der Waals surface area contributed by atoms with Crippen molar-refractivity contribution in [1.82, 2.24) is 9.38 Å². The Labute approximate surface area is 120 Å². The lowest BCUT2D eigenvalue weighted by Gasteiger charge is -2.05. The number of carboxylic acids is 1. The maximum absolute atomic E-state index is 13.0. The Hall–Kier alpha value is -2.12. The molecule has 0 fully saturated rings. The van der Waals surface area contributed by atoms with E-state index in [4.69, 9.17) is 16.3 Å². The van der Waals surface area contributed by atoms with Crippen LogP contribution in [0.25, 0.3) is 4.96 Å². The number of aromatic nitrogens is 2. The second-order valence-corrected chi connectivity index (χ2v) is 5.08. The smallest absolute Gasteiger partial charge is 0.358 e. The third-order valence-electron chi connectivity index (χ3n) is 2.53. The molecule has 102 valence electrons. The Morgan fingerprint density at radius 1 is 1.50 bits per heavy atom. The number of thiazole rings is 1. The van der Waals surface area contributed by atoms with Gasteiger partial charge in [-0.05, 0) is 18.2 Å². The van der Waals surface area contributed by atoms with E-state index in [1.54, 1.807) is 11.6 Å². The van der Waals surface area contributed by atoms with E-state index >= 15 is 0 Å². The lowest BCUT2D eigenvalue weighted by Crippen LogP contribution is -2.02. The first-order valence-electron chi connectivity index (χ1n) is 5.38. The van der Waals surface area contributed by atoms with Crippen LogP contribution < -0.4 is 4.74 Å². The highest BCUT2D eigenvalue weighted by molar-refractivity contribution is 7.15. The average molecular weight is 313 g/mol. The fraction of sp³-hybridized carbons (Fsp3) is 0. The Balaban J connectivity index is 2.08. The number of imidazole rings is 1. The van der Waals surface area contributed by atoms with Gasteiger partial charge in [0.2, 0.25) is 0 Å². The van der Waals surface area contributed by atoms with Crippen molar-refractivity contribution in [3.05, 3.63) is 46.3 Å². The highest BCUT2D eigenvalue weighted by Gasteiger charge is 2.22. The predicted octanol–water partition coefficient (Wildman–Crippen LogP) is 3.68. The standard InChI is InChI=1S/C12H6ClFN2O3S/c13-7-5-6(14)1-2-8(7)19-10-9(11(17)18)16-3-4-20-12(16)15-10/h1-5H,(H,17,18). The minimum absolute atomic E-state index is 0.0395. The maximum Gasteiger partial charge on any atom is 0.358 e. The number of ether oxygens (including phenoxy) is 1. The molecule has 3 aromatic rings. The number of hydrogen-bond acceptors (Lipinski definition) is 4. The molecule has 5 nitrogen and oxygen atoms in total.